The molecular formula is C16H26N2O2. The first-order valence-corrected chi connectivity index (χ1v) is 7.46. The van der Waals surface area contributed by atoms with Crippen LogP contribution in [0.4, 0.5) is 0 Å². The molecule has 1 aliphatic carbocycles. The summed E-state index contributed by atoms with van der Waals surface area (Å²) in [6.45, 7) is 6.27. The summed E-state index contributed by atoms with van der Waals surface area (Å²) in [4.78, 5) is 14.4. The number of nitrogens with one attached hydrogen (secondary N) is 2. The first kappa shape index (κ1) is 15.3. The third kappa shape index (κ3) is 3.93. The average Bonchev–Trinajstić information content (AvgIpc) is 2.42. The van der Waals surface area contributed by atoms with Gasteiger partial charge in [-0.25, -0.2) is 0 Å². The Hall–Kier alpha value is -1.13. The van der Waals surface area contributed by atoms with Crippen LogP contribution in [-0.4, -0.2) is 25.2 Å². The molecule has 0 saturated heterocycles. The van der Waals surface area contributed by atoms with E-state index in [1.807, 2.05) is 6.07 Å². The Bertz CT molecular complexity index is 493. The first-order valence-electron chi connectivity index (χ1n) is 7.46. The Morgan fingerprint density at radius 3 is 3.00 bits per heavy atom. The van der Waals surface area contributed by atoms with E-state index in [2.05, 4.69) is 24.1 Å². The molecule has 0 aliphatic heterocycles. The second-order valence-corrected chi connectivity index (χ2v) is 6.49. The van der Waals surface area contributed by atoms with E-state index in [1.165, 1.54) is 5.56 Å². The van der Waals surface area contributed by atoms with E-state index in [0.29, 0.717) is 6.04 Å². The smallest absolute Gasteiger partial charge is 0.248 e. The molecule has 1 aromatic heterocycles. The number of hydrogen-bond acceptors (Lipinski definition) is 3. The van der Waals surface area contributed by atoms with Crippen molar-refractivity contribution in [1.29, 1.82) is 0 Å². The highest BCUT2D eigenvalue weighted by Crippen LogP contribution is 2.29. The Balaban J connectivity index is 2.00. The number of aromatic nitrogens is 1. The molecular weight excluding hydrogens is 252 g/mol. The van der Waals surface area contributed by atoms with Gasteiger partial charge in [0.2, 0.25) is 5.56 Å². The molecule has 2 rings (SSSR count). The number of H-pyrrole nitrogens is 1. The van der Waals surface area contributed by atoms with E-state index < -0.39 is 0 Å². The highest BCUT2D eigenvalue weighted by Gasteiger charge is 2.24. The standard InChI is InChI=1S/C16H26N2O2/c1-16(2,9-10-20-3)11-17-13-5-4-6-14-12(13)7-8-15(19)18-14/h7-8,13,17H,4-6,9-11H2,1-3H3,(H,18,19). The summed E-state index contributed by atoms with van der Waals surface area (Å²) in [5.41, 5.74) is 2.59. The maximum Gasteiger partial charge on any atom is 0.248 e. The van der Waals surface area contributed by atoms with Gasteiger partial charge in [-0.05, 0) is 36.7 Å². The van der Waals surface area contributed by atoms with Gasteiger partial charge in [0.05, 0.1) is 0 Å². The molecule has 1 aliphatic rings. The molecule has 4 heteroatoms. The molecule has 0 spiro atoms. The molecule has 1 aromatic rings. The minimum Gasteiger partial charge on any atom is -0.385 e. The van der Waals surface area contributed by atoms with Crippen molar-refractivity contribution in [3.8, 4) is 0 Å². The number of aromatic amines is 1. The number of rotatable bonds is 6. The predicted molar refractivity (Wildman–Crippen MR) is 81.0 cm³/mol. The lowest BCUT2D eigenvalue weighted by Crippen LogP contribution is -2.35. The van der Waals surface area contributed by atoms with Crippen molar-refractivity contribution in [3.05, 3.63) is 33.7 Å². The zero-order valence-electron chi connectivity index (χ0n) is 12.8. The lowest BCUT2D eigenvalue weighted by Gasteiger charge is -2.31. The molecule has 0 aromatic carbocycles. The lowest BCUT2D eigenvalue weighted by molar-refractivity contribution is 0.148. The van der Waals surface area contributed by atoms with Crippen molar-refractivity contribution in [2.45, 2.75) is 45.6 Å². The van der Waals surface area contributed by atoms with Gasteiger partial charge in [-0.3, -0.25) is 4.79 Å². The number of hydrogen-bond donors (Lipinski definition) is 2. The zero-order chi connectivity index (χ0) is 14.6. The minimum atomic E-state index is 0.00447. The van der Waals surface area contributed by atoms with Crippen LogP contribution in [-0.2, 0) is 11.2 Å². The molecule has 0 saturated carbocycles. The van der Waals surface area contributed by atoms with Crippen LogP contribution in [0.25, 0.3) is 0 Å². The van der Waals surface area contributed by atoms with E-state index in [1.54, 1.807) is 13.2 Å². The number of methoxy groups -OCH3 is 1. The number of pyridine rings is 1. The fraction of sp³-hybridized carbons (Fsp3) is 0.688. The van der Waals surface area contributed by atoms with Gasteiger partial charge in [-0.1, -0.05) is 19.9 Å². The third-order valence-corrected chi connectivity index (χ3v) is 4.14. The van der Waals surface area contributed by atoms with Crippen molar-refractivity contribution in [2.75, 3.05) is 20.3 Å². The Morgan fingerprint density at radius 2 is 2.25 bits per heavy atom. The molecule has 0 bridgehead atoms. The largest absolute Gasteiger partial charge is 0.385 e. The highest BCUT2D eigenvalue weighted by molar-refractivity contribution is 5.26. The summed E-state index contributed by atoms with van der Waals surface area (Å²) >= 11 is 0. The van der Waals surface area contributed by atoms with Crippen LogP contribution in [0.3, 0.4) is 0 Å². The molecule has 20 heavy (non-hydrogen) atoms. The van der Waals surface area contributed by atoms with Gasteiger partial charge < -0.3 is 15.0 Å². The molecule has 2 N–H and O–H groups in total. The fourth-order valence-corrected chi connectivity index (χ4v) is 2.78. The van der Waals surface area contributed by atoms with E-state index in [4.69, 9.17) is 4.74 Å². The topological polar surface area (TPSA) is 54.1 Å². The second-order valence-electron chi connectivity index (χ2n) is 6.49. The third-order valence-electron chi connectivity index (χ3n) is 4.14. The van der Waals surface area contributed by atoms with Crippen molar-refractivity contribution in [3.63, 3.8) is 0 Å². The van der Waals surface area contributed by atoms with Crippen molar-refractivity contribution >= 4 is 0 Å². The molecule has 0 radical (unpaired) electrons. The van der Waals surface area contributed by atoms with E-state index in [9.17, 15) is 4.79 Å². The van der Waals surface area contributed by atoms with Gasteiger partial charge >= 0.3 is 0 Å². The van der Waals surface area contributed by atoms with E-state index in [0.717, 1.165) is 44.5 Å². The zero-order valence-corrected chi connectivity index (χ0v) is 12.8. The first-order chi connectivity index (χ1) is 9.52. The van der Waals surface area contributed by atoms with Crippen molar-refractivity contribution < 1.29 is 4.74 Å². The summed E-state index contributed by atoms with van der Waals surface area (Å²) in [5, 5.41) is 3.67. The van der Waals surface area contributed by atoms with Crippen LogP contribution in [0.5, 0.6) is 0 Å². The van der Waals surface area contributed by atoms with Gasteiger partial charge in [0.1, 0.15) is 0 Å². The minimum absolute atomic E-state index is 0.00447. The summed E-state index contributed by atoms with van der Waals surface area (Å²) in [5.74, 6) is 0. The predicted octanol–water partition coefficient (Wildman–Crippen LogP) is 2.40. The van der Waals surface area contributed by atoms with Crippen LogP contribution < -0.4 is 10.9 Å². The summed E-state index contributed by atoms with van der Waals surface area (Å²) < 4.78 is 5.17. The maximum absolute atomic E-state index is 11.4. The van der Waals surface area contributed by atoms with E-state index >= 15 is 0 Å². The Kier molecular flexibility index (Phi) is 5.00. The molecule has 1 heterocycles. The monoisotopic (exact) mass is 278 g/mol. The van der Waals surface area contributed by atoms with Crippen molar-refractivity contribution in [2.24, 2.45) is 5.41 Å². The fourth-order valence-electron chi connectivity index (χ4n) is 2.78. The number of fused-ring (bicyclic) bond motifs is 1. The molecule has 0 fully saturated rings. The summed E-state index contributed by atoms with van der Waals surface area (Å²) in [6, 6.07) is 3.97. The van der Waals surface area contributed by atoms with Crippen LogP contribution in [0, 0.1) is 5.41 Å². The van der Waals surface area contributed by atoms with Crippen LogP contribution in [0.2, 0.25) is 0 Å². The van der Waals surface area contributed by atoms with Gasteiger partial charge in [0, 0.05) is 38.1 Å². The van der Waals surface area contributed by atoms with Crippen LogP contribution in [0.1, 0.15) is 50.4 Å². The molecule has 1 unspecified atom stereocenters. The quantitative estimate of drug-likeness (QED) is 0.840. The number of ether oxygens (including phenoxy) is 1. The van der Waals surface area contributed by atoms with Gasteiger partial charge in [-0.15, -0.1) is 0 Å². The van der Waals surface area contributed by atoms with Gasteiger partial charge in [0.25, 0.3) is 0 Å². The molecule has 112 valence electrons. The average molecular weight is 278 g/mol. The second kappa shape index (κ2) is 6.55. The molecule has 0 amide bonds. The van der Waals surface area contributed by atoms with Crippen LogP contribution in [0.15, 0.2) is 16.9 Å². The Morgan fingerprint density at radius 1 is 1.45 bits per heavy atom. The lowest BCUT2D eigenvalue weighted by atomic mass is 9.87. The molecule has 1 atom stereocenters. The summed E-state index contributed by atoms with van der Waals surface area (Å²) in [6.07, 6.45) is 4.29. The highest BCUT2D eigenvalue weighted by atomic mass is 16.5. The van der Waals surface area contributed by atoms with Crippen molar-refractivity contribution in [1.82, 2.24) is 10.3 Å². The van der Waals surface area contributed by atoms with Gasteiger partial charge in [-0.2, -0.15) is 0 Å². The molecule has 4 nitrogen and oxygen atoms in total. The SMILES string of the molecule is COCCC(C)(C)CNC1CCCc2[nH]c(=O)ccc21. The Labute approximate surface area is 120 Å². The van der Waals surface area contributed by atoms with Gasteiger partial charge in [0.15, 0.2) is 0 Å². The normalized spacial score (nSPS) is 18.9. The summed E-state index contributed by atoms with van der Waals surface area (Å²) in [7, 11) is 1.75. The van der Waals surface area contributed by atoms with E-state index in [-0.39, 0.29) is 11.0 Å². The maximum atomic E-state index is 11.4. The number of aryl methyl sites for hydroxylation is 1. The van der Waals surface area contributed by atoms with Crippen LogP contribution >= 0.6 is 0 Å².